The zero-order chi connectivity index (χ0) is 20.9. The fourth-order valence-electron chi connectivity index (χ4n) is 3.50. The van der Waals surface area contributed by atoms with Crippen LogP contribution in [0.25, 0.3) is 10.9 Å². The highest BCUT2D eigenvalue weighted by Crippen LogP contribution is 2.18. The van der Waals surface area contributed by atoms with Gasteiger partial charge >= 0.3 is 0 Å². The Hall–Kier alpha value is -4.06. The molecule has 0 aliphatic carbocycles. The van der Waals surface area contributed by atoms with Crippen LogP contribution >= 0.6 is 0 Å². The maximum absolute atomic E-state index is 5.93. The van der Waals surface area contributed by atoms with Crippen LogP contribution < -0.4 is 4.74 Å². The Morgan fingerprint density at radius 2 is 1.42 bits per heavy atom. The molecule has 0 saturated carbocycles. The van der Waals surface area contributed by atoms with Gasteiger partial charge in [-0.2, -0.15) is 5.21 Å². The molecule has 5 aromatic rings. The van der Waals surface area contributed by atoms with Crippen molar-refractivity contribution in [3.63, 3.8) is 0 Å². The average molecular weight is 407 g/mol. The van der Waals surface area contributed by atoms with Crippen molar-refractivity contribution in [2.24, 2.45) is 0 Å². The number of aromatic nitrogens is 5. The minimum absolute atomic E-state index is 0.450. The van der Waals surface area contributed by atoms with E-state index in [1.54, 1.807) is 0 Å². The molecule has 0 aliphatic rings. The van der Waals surface area contributed by atoms with Crippen molar-refractivity contribution < 1.29 is 4.74 Å². The number of fused-ring (bicyclic) bond motifs is 1. The number of para-hydroxylation sites is 1. The van der Waals surface area contributed by atoms with Gasteiger partial charge in [0, 0.05) is 11.8 Å². The van der Waals surface area contributed by atoms with Crippen molar-refractivity contribution in [3.8, 4) is 5.75 Å². The third kappa shape index (κ3) is 4.75. The van der Waals surface area contributed by atoms with Crippen molar-refractivity contribution in [3.05, 3.63) is 113 Å². The number of rotatable bonds is 7. The van der Waals surface area contributed by atoms with Gasteiger partial charge in [0.25, 0.3) is 0 Å². The fraction of sp³-hybridized carbons (Fsp3) is 0.120. The molecule has 1 N–H and O–H groups in total. The topological polar surface area (TPSA) is 76.6 Å². The predicted octanol–water partition coefficient (Wildman–Crippen LogP) is 4.51. The first-order valence-corrected chi connectivity index (χ1v) is 10.2. The molecule has 6 nitrogen and oxygen atoms in total. The first-order valence-electron chi connectivity index (χ1n) is 10.2. The molecule has 5 rings (SSSR count). The lowest BCUT2D eigenvalue weighted by atomic mass is 10.0. The summed E-state index contributed by atoms with van der Waals surface area (Å²) in [5.41, 5.74) is 5.56. The third-order valence-corrected chi connectivity index (χ3v) is 5.15. The predicted molar refractivity (Wildman–Crippen MR) is 119 cm³/mol. The molecule has 0 spiro atoms. The SMILES string of the molecule is c1ccc2nc(COc3ccc(Cc4ccc(Cc5nn[nH]n5)cc4)cc3)ccc2c1. The van der Waals surface area contributed by atoms with Crippen LogP contribution in [0.1, 0.15) is 28.2 Å². The molecular formula is C25H21N5O. The quantitative estimate of drug-likeness (QED) is 0.430. The number of aromatic amines is 1. The highest BCUT2D eigenvalue weighted by atomic mass is 16.5. The number of nitrogens with zero attached hydrogens (tertiary/aromatic N) is 4. The molecule has 0 fully saturated rings. The first kappa shape index (κ1) is 18.9. The number of ether oxygens (including phenoxy) is 1. The standard InChI is InChI=1S/C25H21N5O/c1-2-4-24-21(3-1)11-12-22(26-24)17-31-23-13-9-19(10-14-23)15-18-5-7-20(8-6-18)16-25-27-29-30-28-25/h1-14H,15-17H2,(H,27,28,29,30). The minimum atomic E-state index is 0.450. The lowest BCUT2D eigenvalue weighted by Gasteiger charge is -2.08. The molecule has 0 unspecified atom stereocenters. The Morgan fingerprint density at radius 1 is 0.710 bits per heavy atom. The average Bonchev–Trinajstić information content (AvgIpc) is 3.33. The number of pyridine rings is 1. The summed E-state index contributed by atoms with van der Waals surface area (Å²) in [6.07, 6.45) is 1.55. The molecule has 0 amide bonds. The summed E-state index contributed by atoms with van der Waals surface area (Å²) in [6.45, 7) is 0.450. The number of hydrogen-bond acceptors (Lipinski definition) is 5. The summed E-state index contributed by atoms with van der Waals surface area (Å²) in [6, 6.07) is 29.0. The van der Waals surface area contributed by atoms with E-state index in [4.69, 9.17) is 4.74 Å². The van der Waals surface area contributed by atoms with Crippen molar-refractivity contribution in [1.29, 1.82) is 0 Å². The van der Waals surface area contributed by atoms with E-state index in [0.29, 0.717) is 18.9 Å². The van der Waals surface area contributed by atoms with Crippen LogP contribution in [-0.2, 0) is 19.4 Å². The number of nitrogens with one attached hydrogen (secondary N) is 1. The van der Waals surface area contributed by atoms with Gasteiger partial charge < -0.3 is 4.74 Å². The highest BCUT2D eigenvalue weighted by Gasteiger charge is 2.03. The van der Waals surface area contributed by atoms with Crippen LogP contribution in [0.5, 0.6) is 5.75 Å². The summed E-state index contributed by atoms with van der Waals surface area (Å²) < 4.78 is 5.93. The Labute approximate surface area is 179 Å². The summed E-state index contributed by atoms with van der Waals surface area (Å²) in [5, 5.41) is 15.2. The smallest absolute Gasteiger partial charge is 0.178 e. The summed E-state index contributed by atoms with van der Waals surface area (Å²) in [4.78, 5) is 4.66. The second kappa shape index (κ2) is 8.75. The maximum atomic E-state index is 5.93. The largest absolute Gasteiger partial charge is 0.487 e. The molecule has 0 saturated heterocycles. The van der Waals surface area contributed by atoms with Crippen molar-refractivity contribution in [1.82, 2.24) is 25.6 Å². The van der Waals surface area contributed by atoms with Gasteiger partial charge in [-0.1, -0.05) is 65.9 Å². The van der Waals surface area contributed by atoms with E-state index in [9.17, 15) is 0 Å². The number of benzene rings is 3. The molecule has 0 radical (unpaired) electrons. The van der Waals surface area contributed by atoms with E-state index < -0.39 is 0 Å². The first-order chi connectivity index (χ1) is 15.3. The van der Waals surface area contributed by atoms with Gasteiger partial charge in [0.15, 0.2) is 5.82 Å². The van der Waals surface area contributed by atoms with Gasteiger partial charge in [0.2, 0.25) is 0 Å². The molecule has 0 aliphatic heterocycles. The zero-order valence-corrected chi connectivity index (χ0v) is 16.9. The maximum Gasteiger partial charge on any atom is 0.178 e. The van der Waals surface area contributed by atoms with Crippen LogP contribution in [0.3, 0.4) is 0 Å². The minimum Gasteiger partial charge on any atom is -0.487 e. The summed E-state index contributed by atoms with van der Waals surface area (Å²) in [7, 11) is 0. The zero-order valence-electron chi connectivity index (χ0n) is 16.9. The molecular weight excluding hydrogens is 386 g/mol. The Morgan fingerprint density at radius 3 is 2.16 bits per heavy atom. The van der Waals surface area contributed by atoms with E-state index in [2.05, 4.69) is 74.1 Å². The molecule has 0 bridgehead atoms. The van der Waals surface area contributed by atoms with E-state index in [1.807, 2.05) is 36.4 Å². The van der Waals surface area contributed by atoms with E-state index in [1.165, 1.54) is 11.1 Å². The Balaban J connectivity index is 1.17. The lowest BCUT2D eigenvalue weighted by molar-refractivity contribution is 0.301. The number of hydrogen-bond donors (Lipinski definition) is 1. The van der Waals surface area contributed by atoms with Crippen molar-refractivity contribution in [2.75, 3.05) is 0 Å². The molecule has 0 atom stereocenters. The van der Waals surface area contributed by atoms with Crippen molar-refractivity contribution in [2.45, 2.75) is 19.4 Å². The van der Waals surface area contributed by atoms with Gasteiger partial charge in [0.1, 0.15) is 12.4 Å². The second-order valence-corrected chi connectivity index (χ2v) is 7.43. The van der Waals surface area contributed by atoms with Crippen LogP contribution in [0.4, 0.5) is 0 Å². The van der Waals surface area contributed by atoms with Gasteiger partial charge in [-0.15, -0.1) is 10.2 Å². The molecule has 31 heavy (non-hydrogen) atoms. The van der Waals surface area contributed by atoms with Gasteiger partial charge in [-0.25, -0.2) is 4.98 Å². The molecule has 2 heterocycles. The number of tetrazole rings is 1. The molecule has 152 valence electrons. The van der Waals surface area contributed by atoms with Crippen LogP contribution in [0.15, 0.2) is 84.9 Å². The van der Waals surface area contributed by atoms with Gasteiger partial charge in [0.05, 0.1) is 11.2 Å². The fourth-order valence-corrected chi connectivity index (χ4v) is 3.50. The Bertz CT molecular complexity index is 1270. The molecule has 2 aromatic heterocycles. The molecule has 6 heteroatoms. The van der Waals surface area contributed by atoms with Crippen molar-refractivity contribution >= 4 is 10.9 Å². The summed E-state index contributed by atoms with van der Waals surface area (Å²) >= 11 is 0. The van der Waals surface area contributed by atoms with Crippen LogP contribution in [0.2, 0.25) is 0 Å². The van der Waals surface area contributed by atoms with Crippen LogP contribution in [0, 0.1) is 0 Å². The van der Waals surface area contributed by atoms with Gasteiger partial charge in [-0.3, -0.25) is 0 Å². The van der Waals surface area contributed by atoms with E-state index in [-0.39, 0.29) is 0 Å². The highest BCUT2D eigenvalue weighted by molar-refractivity contribution is 5.78. The number of H-pyrrole nitrogens is 1. The van der Waals surface area contributed by atoms with Gasteiger partial charge in [-0.05, 0) is 47.4 Å². The van der Waals surface area contributed by atoms with E-state index in [0.717, 1.165) is 34.3 Å². The third-order valence-electron chi connectivity index (χ3n) is 5.15. The van der Waals surface area contributed by atoms with E-state index >= 15 is 0 Å². The molecule has 3 aromatic carbocycles. The lowest BCUT2D eigenvalue weighted by Crippen LogP contribution is -1.98. The van der Waals surface area contributed by atoms with Crippen LogP contribution in [-0.4, -0.2) is 25.6 Å². The monoisotopic (exact) mass is 407 g/mol. The summed E-state index contributed by atoms with van der Waals surface area (Å²) in [5.74, 6) is 1.54. The Kier molecular flexibility index (Phi) is 5.35. The normalized spacial score (nSPS) is 11.0. The second-order valence-electron chi connectivity index (χ2n) is 7.43.